The number of hydrogen-bond donors (Lipinski definition) is 0. The molecule has 2 aromatic rings. The van der Waals surface area contributed by atoms with E-state index in [0.717, 1.165) is 45.4 Å². The molecule has 5 nitrogen and oxygen atoms in total. The van der Waals surface area contributed by atoms with Crippen LogP contribution in [0.5, 0.6) is 0 Å². The molecule has 0 N–H and O–H groups in total. The van der Waals surface area contributed by atoms with Gasteiger partial charge in [-0.15, -0.1) is 0 Å². The van der Waals surface area contributed by atoms with Crippen LogP contribution in [0.15, 0.2) is 36.5 Å². The lowest BCUT2D eigenvalue weighted by Crippen LogP contribution is -2.48. The number of carbonyl (C=O) groups is 1. The SMILES string of the molecule is O=C(C1CCN(c2nccc(-c3ccccc3F)n2)CC1)N1CCC1. The van der Waals surface area contributed by atoms with Gasteiger partial charge in [0, 0.05) is 43.9 Å². The molecule has 0 atom stereocenters. The molecular weight excluding hydrogens is 319 g/mol. The van der Waals surface area contributed by atoms with E-state index in [2.05, 4.69) is 14.9 Å². The molecule has 0 saturated carbocycles. The number of piperidine rings is 1. The molecule has 2 fully saturated rings. The van der Waals surface area contributed by atoms with Crippen molar-refractivity contribution in [2.75, 3.05) is 31.1 Å². The van der Waals surface area contributed by atoms with Gasteiger partial charge in [0.25, 0.3) is 0 Å². The number of likely N-dealkylation sites (tertiary alicyclic amines) is 1. The van der Waals surface area contributed by atoms with Crippen LogP contribution in [-0.2, 0) is 4.79 Å². The molecule has 2 aliphatic rings. The Bertz CT molecular complexity index is 770. The van der Waals surface area contributed by atoms with E-state index in [9.17, 15) is 9.18 Å². The van der Waals surface area contributed by atoms with Gasteiger partial charge in [-0.3, -0.25) is 4.79 Å². The van der Waals surface area contributed by atoms with Crippen molar-refractivity contribution >= 4 is 11.9 Å². The van der Waals surface area contributed by atoms with Crippen LogP contribution in [0.25, 0.3) is 11.3 Å². The quantitative estimate of drug-likeness (QED) is 0.862. The summed E-state index contributed by atoms with van der Waals surface area (Å²) >= 11 is 0. The number of rotatable bonds is 3. The van der Waals surface area contributed by atoms with Crippen LogP contribution >= 0.6 is 0 Å². The van der Waals surface area contributed by atoms with E-state index < -0.39 is 0 Å². The van der Waals surface area contributed by atoms with Crippen LogP contribution in [-0.4, -0.2) is 47.0 Å². The van der Waals surface area contributed by atoms with Gasteiger partial charge in [-0.2, -0.15) is 0 Å². The predicted molar refractivity (Wildman–Crippen MR) is 93.6 cm³/mol. The van der Waals surface area contributed by atoms with Gasteiger partial charge in [0.15, 0.2) is 0 Å². The molecule has 0 radical (unpaired) electrons. The highest BCUT2D eigenvalue weighted by molar-refractivity contribution is 5.79. The fourth-order valence-electron chi connectivity index (χ4n) is 3.44. The largest absolute Gasteiger partial charge is 0.342 e. The molecule has 0 spiro atoms. The minimum absolute atomic E-state index is 0.117. The molecule has 4 rings (SSSR count). The molecular formula is C19H21FN4O. The molecule has 3 heterocycles. The van der Waals surface area contributed by atoms with Crippen molar-refractivity contribution < 1.29 is 9.18 Å². The lowest BCUT2D eigenvalue weighted by atomic mass is 9.94. The van der Waals surface area contributed by atoms with Crippen molar-refractivity contribution in [2.24, 2.45) is 5.92 Å². The maximum atomic E-state index is 14.0. The Kier molecular flexibility index (Phi) is 4.34. The molecule has 130 valence electrons. The van der Waals surface area contributed by atoms with Gasteiger partial charge in [0.05, 0.1) is 5.69 Å². The Labute approximate surface area is 146 Å². The second-order valence-electron chi connectivity index (χ2n) is 6.66. The van der Waals surface area contributed by atoms with E-state index in [-0.39, 0.29) is 11.7 Å². The van der Waals surface area contributed by atoms with Gasteiger partial charge < -0.3 is 9.80 Å². The van der Waals surface area contributed by atoms with Crippen LogP contribution in [0.4, 0.5) is 10.3 Å². The molecule has 6 heteroatoms. The van der Waals surface area contributed by atoms with E-state index in [0.29, 0.717) is 23.1 Å². The van der Waals surface area contributed by atoms with Crippen molar-refractivity contribution in [3.8, 4) is 11.3 Å². The second-order valence-corrected chi connectivity index (χ2v) is 6.66. The lowest BCUT2D eigenvalue weighted by Gasteiger charge is -2.37. The van der Waals surface area contributed by atoms with Gasteiger partial charge >= 0.3 is 0 Å². The fourth-order valence-corrected chi connectivity index (χ4v) is 3.44. The van der Waals surface area contributed by atoms with Crippen LogP contribution in [0.3, 0.4) is 0 Å². The minimum atomic E-state index is -0.286. The number of nitrogens with zero attached hydrogens (tertiary/aromatic N) is 4. The normalized spacial score (nSPS) is 18.1. The summed E-state index contributed by atoms with van der Waals surface area (Å²) in [6, 6.07) is 8.35. The first-order valence-corrected chi connectivity index (χ1v) is 8.84. The predicted octanol–water partition coefficient (Wildman–Crippen LogP) is 2.73. The fraction of sp³-hybridized carbons (Fsp3) is 0.421. The minimum Gasteiger partial charge on any atom is -0.342 e. The van der Waals surface area contributed by atoms with Crippen molar-refractivity contribution in [2.45, 2.75) is 19.3 Å². The summed E-state index contributed by atoms with van der Waals surface area (Å²) in [5, 5.41) is 0. The average Bonchev–Trinajstić information content (AvgIpc) is 2.61. The monoisotopic (exact) mass is 340 g/mol. The Morgan fingerprint density at radius 1 is 1.08 bits per heavy atom. The first kappa shape index (κ1) is 16.0. The summed E-state index contributed by atoms with van der Waals surface area (Å²) in [5.41, 5.74) is 1.07. The van der Waals surface area contributed by atoms with Gasteiger partial charge in [-0.25, -0.2) is 14.4 Å². The summed E-state index contributed by atoms with van der Waals surface area (Å²) in [7, 11) is 0. The van der Waals surface area contributed by atoms with Crippen LogP contribution < -0.4 is 4.90 Å². The standard InChI is InChI=1S/C19H21FN4O/c20-16-5-2-1-4-15(16)17-6-9-21-19(22-17)24-12-7-14(8-13-24)18(25)23-10-3-11-23/h1-2,4-6,9,14H,3,7-8,10-13H2. The average molecular weight is 340 g/mol. The molecule has 0 bridgehead atoms. The second kappa shape index (κ2) is 6.78. The molecule has 0 unspecified atom stereocenters. The third-order valence-electron chi connectivity index (χ3n) is 5.09. The highest BCUT2D eigenvalue weighted by atomic mass is 19.1. The zero-order valence-electron chi connectivity index (χ0n) is 14.1. The summed E-state index contributed by atoms with van der Waals surface area (Å²) in [5.74, 6) is 0.736. The van der Waals surface area contributed by atoms with E-state index in [4.69, 9.17) is 0 Å². The van der Waals surface area contributed by atoms with Crippen LogP contribution in [0.1, 0.15) is 19.3 Å². The Balaban J connectivity index is 1.46. The topological polar surface area (TPSA) is 49.3 Å². The van der Waals surface area contributed by atoms with E-state index in [1.807, 2.05) is 4.90 Å². The maximum absolute atomic E-state index is 14.0. The van der Waals surface area contributed by atoms with Crippen molar-refractivity contribution in [3.05, 3.63) is 42.3 Å². The van der Waals surface area contributed by atoms with E-state index in [1.54, 1.807) is 30.5 Å². The molecule has 1 aromatic carbocycles. The van der Waals surface area contributed by atoms with Gasteiger partial charge in [-0.1, -0.05) is 12.1 Å². The van der Waals surface area contributed by atoms with Crippen molar-refractivity contribution in [1.29, 1.82) is 0 Å². The first-order chi connectivity index (χ1) is 12.2. The van der Waals surface area contributed by atoms with Gasteiger partial charge in [0.2, 0.25) is 11.9 Å². The van der Waals surface area contributed by atoms with Gasteiger partial charge in [-0.05, 0) is 37.5 Å². The molecule has 1 aromatic heterocycles. The maximum Gasteiger partial charge on any atom is 0.225 e. The van der Waals surface area contributed by atoms with Crippen LogP contribution in [0, 0.1) is 11.7 Å². The van der Waals surface area contributed by atoms with E-state index in [1.165, 1.54) is 6.07 Å². The number of carbonyl (C=O) groups excluding carboxylic acids is 1. The summed E-state index contributed by atoms with van der Waals surface area (Å²) in [6.45, 7) is 3.33. The Hall–Kier alpha value is -2.50. The highest BCUT2D eigenvalue weighted by Gasteiger charge is 2.31. The number of hydrogen-bond acceptors (Lipinski definition) is 4. The number of benzene rings is 1. The molecule has 25 heavy (non-hydrogen) atoms. The van der Waals surface area contributed by atoms with Crippen molar-refractivity contribution in [1.82, 2.24) is 14.9 Å². The number of aromatic nitrogens is 2. The highest BCUT2D eigenvalue weighted by Crippen LogP contribution is 2.26. The molecule has 2 aliphatic heterocycles. The van der Waals surface area contributed by atoms with Crippen molar-refractivity contribution in [3.63, 3.8) is 0 Å². The summed E-state index contributed by atoms with van der Waals surface area (Å²) in [6.07, 6.45) is 4.44. The lowest BCUT2D eigenvalue weighted by molar-refractivity contribution is -0.139. The smallest absolute Gasteiger partial charge is 0.225 e. The van der Waals surface area contributed by atoms with Gasteiger partial charge in [0.1, 0.15) is 5.82 Å². The zero-order chi connectivity index (χ0) is 17.2. The van der Waals surface area contributed by atoms with Crippen LogP contribution in [0.2, 0.25) is 0 Å². The molecule has 0 aliphatic carbocycles. The number of anilines is 1. The number of amides is 1. The third-order valence-corrected chi connectivity index (χ3v) is 5.09. The third kappa shape index (κ3) is 3.21. The zero-order valence-corrected chi connectivity index (χ0v) is 14.1. The first-order valence-electron chi connectivity index (χ1n) is 8.84. The Morgan fingerprint density at radius 3 is 2.52 bits per heavy atom. The summed E-state index contributed by atoms with van der Waals surface area (Å²) in [4.78, 5) is 25.3. The number of halogens is 1. The Morgan fingerprint density at radius 2 is 1.84 bits per heavy atom. The van der Waals surface area contributed by atoms with E-state index >= 15 is 0 Å². The molecule has 2 saturated heterocycles. The molecule has 1 amide bonds. The summed E-state index contributed by atoms with van der Waals surface area (Å²) < 4.78 is 14.0.